The van der Waals surface area contributed by atoms with Gasteiger partial charge < -0.3 is 5.73 Å². The molecule has 0 atom stereocenters. The number of nitrogens with two attached hydrogens (primary N) is 2. The molecule has 0 aliphatic heterocycles. The molecule has 6 heteroatoms. The zero-order valence-corrected chi connectivity index (χ0v) is 12.0. The molecule has 100 valence electrons. The topological polar surface area (TPSA) is 86.2 Å². The molecule has 0 unspecified atom stereocenters. The van der Waals surface area contributed by atoms with Gasteiger partial charge in [0.05, 0.1) is 4.90 Å². The third kappa shape index (κ3) is 3.50. The average molecular weight is 294 g/mol. The van der Waals surface area contributed by atoms with Crippen molar-refractivity contribution in [3.8, 4) is 0 Å². The number of hydrogen-bond donors (Lipinski definition) is 2. The maximum absolute atomic E-state index is 11.4. The highest BCUT2D eigenvalue weighted by molar-refractivity contribution is 7.99. The number of nitrogen functional groups attached to an aromatic ring is 1. The number of benzene rings is 2. The first kappa shape index (κ1) is 13.9. The molecule has 2 rings (SSSR count). The summed E-state index contributed by atoms with van der Waals surface area (Å²) in [6.07, 6.45) is 0. The largest absolute Gasteiger partial charge is 0.399 e. The Morgan fingerprint density at radius 1 is 1.11 bits per heavy atom. The van der Waals surface area contributed by atoms with E-state index in [0.717, 1.165) is 15.4 Å². The van der Waals surface area contributed by atoms with Gasteiger partial charge in [0.2, 0.25) is 10.0 Å². The van der Waals surface area contributed by atoms with Crippen molar-refractivity contribution in [1.82, 2.24) is 0 Å². The summed E-state index contributed by atoms with van der Waals surface area (Å²) in [5.41, 5.74) is 7.21. The van der Waals surface area contributed by atoms with Gasteiger partial charge in [0.15, 0.2) is 0 Å². The molecule has 0 spiro atoms. The van der Waals surface area contributed by atoms with Crippen LogP contribution in [0, 0.1) is 6.92 Å². The Labute approximate surface area is 116 Å². The van der Waals surface area contributed by atoms with Crippen LogP contribution in [0.4, 0.5) is 5.69 Å². The normalized spacial score (nSPS) is 11.5. The van der Waals surface area contributed by atoms with Crippen LogP contribution in [-0.4, -0.2) is 8.42 Å². The van der Waals surface area contributed by atoms with Crippen molar-refractivity contribution < 1.29 is 8.42 Å². The Kier molecular flexibility index (Phi) is 3.84. The molecule has 4 nitrogen and oxygen atoms in total. The van der Waals surface area contributed by atoms with E-state index in [-0.39, 0.29) is 4.90 Å². The van der Waals surface area contributed by atoms with E-state index >= 15 is 0 Å². The van der Waals surface area contributed by atoms with Crippen LogP contribution in [0.25, 0.3) is 0 Å². The van der Waals surface area contributed by atoms with Crippen LogP contribution in [0.1, 0.15) is 5.56 Å². The molecule has 0 bridgehead atoms. The molecular formula is C13H14N2O2S2. The molecule has 0 fully saturated rings. The highest BCUT2D eigenvalue weighted by Crippen LogP contribution is 2.32. The Bertz CT molecular complexity index is 712. The standard InChI is InChI=1S/C13H14N2O2S2/c1-9-4-2-3-5-13(9)18-11-6-10(14)7-12(8-11)19(15,16)17/h2-8H,14H2,1H3,(H2,15,16,17). The van der Waals surface area contributed by atoms with Crippen molar-refractivity contribution in [2.24, 2.45) is 5.14 Å². The third-order valence-corrected chi connectivity index (χ3v) is 4.59. The second-order valence-corrected chi connectivity index (χ2v) is 6.83. The highest BCUT2D eigenvalue weighted by Gasteiger charge is 2.11. The number of primary sulfonamides is 1. The van der Waals surface area contributed by atoms with Crippen molar-refractivity contribution in [2.75, 3.05) is 5.73 Å². The molecule has 0 saturated carbocycles. The van der Waals surface area contributed by atoms with Gasteiger partial charge in [-0.3, -0.25) is 0 Å². The monoisotopic (exact) mass is 294 g/mol. The summed E-state index contributed by atoms with van der Waals surface area (Å²) in [6.45, 7) is 2.00. The summed E-state index contributed by atoms with van der Waals surface area (Å²) in [7, 11) is -3.74. The van der Waals surface area contributed by atoms with E-state index in [2.05, 4.69) is 0 Å². The molecule has 0 aliphatic carbocycles. The van der Waals surface area contributed by atoms with E-state index in [1.807, 2.05) is 31.2 Å². The van der Waals surface area contributed by atoms with Crippen molar-refractivity contribution in [3.63, 3.8) is 0 Å². The molecule has 0 radical (unpaired) electrons. The average Bonchev–Trinajstić information content (AvgIpc) is 2.30. The van der Waals surface area contributed by atoms with Crippen molar-refractivity contribution in [3.05, 3.63) is 48.0 Å². The summed E-state index contributed by atoms with van der Waals surface area (Å²) in [5.74, 6) is 0. The second-order valence-electron chi connectivity index (χ2n) is 4.15. The zero-order valence-electron chi connectivity index (χ0n) is 10.3. The quantitative estimate of drug-likeness (QED) is 0.851. The highest BCUT2D eigenvalue weighted by atomic mass is 32.2. The first-order valence-electron chi connectivity index (χ1n) is 5.53. The lowest BCUT2D eigenvalue weighted by atomic mass is 10.2. The lowest BCUT2D eigenvalue weighted by molar-refractivity contribution is 0.597. The predicted molar refractivity (Wildman–Crippen MR) is 77.5 cm³/mol. The Hall–Kier alpha value is -1.50. The fourth-order valence-electron chi connectivity index (χ4n) is 1.61. The summed E-state index contributed by atoms with van der Waals surface area (Å²) in [4.78, 5) is 1.83. The van der Waals surface area contributed by atoms with Crippen LogP contribution >= 0.6 is 11.8 Å². The van der Waals surface area contributed by atoms with Gasteiger partial charge in [0.1, 0.15) is 0 Å². The van der Waals surface area contributed by atoms with Crippen molar-refractivity contribution in [1.29, 1.82) is 0 Å². The summed E-state index contributed by atoms with van der Waals surface area (Å²) < 4.78 is 22.7. The SMILES string of the molecule is Cc1ccccc1Sc1cc(N)cc(S(N)(=O)=O)c1. The Morgan fingerprint density at radius 3 is 2.42 bits per heavy atom. The van der Waals surface area contributed by atoms with Gasteiger partial charge in [0, 0.05) is 15.5 Å². The number of sulfonamides is 1. The molecule has 0 aliphatic rings. The lowest BCUT2D eigenvalue weighted by Crippen LogP contribution is -2.12. The van der Waals surface area contributed by atoms with Gasteiger partial charge in [-0.1, -0.05) is 30.0 Å². The fourth-order valence-corrected chi connectivity index (χ4v) is 3.29. The van der Waals surface area contributed by atoms with Gasteiger partial charge in [-0.05, 0) is 36.8 Å². The van der Waals surface area contributed by atoms with E-state index in [1.54, 1.807) is 6.07 Å². The van der Waals surface area contributed by atoms with Gasteiger partial charge in [-0.2, -0.15) is 0 Å². The van der Waals surface area contributed by atoms with Gasteiger partial charge in [0.25, 0.3) is 0 Å². The van der Waals surface area contributed by atoms with E-state index in [9.17, 15) is 8.42 Å². The molecule has 19 heavy (non-hydrogen) atoms. The van der Waals surface area contributed by atoms with Crippen molar-refractivity contribution in [2.45, 2.75) is 21.6 Å². The van der Waals surface area contributed by atoms with E-state index in [0.29, 0.717) is 5.69 Å². The predicted octanol–water partition coefficient (Wildman–Crippen LogP) is 2.38. The maximum Gasteiger partial charge on any atom is 0.238 e. The van der Waals surface area contributed by atoms with Crippen LogP contribution < -0.4 is 10.9 Å². The second kappa shape index (κ2) is 5.24. The molecular weight excluding hydrogens is 280 g/mol. The summed E-state index contributed by atoms with van der Waals surface area (Å²) >= 11 is 1.46. The molecule has 0 aromatic heterocycles. The van der Waals surface area contributed by atoms with Gasteiger partial charge in [-0.25, -0.2) is 13.6 Å². The van der Waals surface area contributed by atoms with Crippen LogP contribution in [0.2, 0.25) is 0 Å². The van der Waals surface area contributed by atoms with E-state index in [4.69, 9.17) is 10.9 Å². The minimum absolute atomic E-state index is 0.0311. The molecule has 0 heterocycles. The number of anilines is 1. The molecule has 0 amide bonds. The first-order chi connectivity index (χ1) is 8.86. The van der Waals surface area contributed by atoms with Crippen LogP contribution in [0.5, 0.6) is 0 Å². The smallest absolute Gasteiger partial charge is 0.238 e. The lowest BCUT2D eigenvalue weighted by Gasteiger charge is -2.08. The third-order valence-electron chi connectivity index (χ3n) is 2.55. The van der Waals surface area contributed by atoms with Crippen LogP contribution in [0.15, 0.2) is 57.2 Å². The van der Waals surface area contributed by atoms with Crippen LogP contribution in [-0.2, 0) is 10.0 Å². The summed E-state index contributed by atoms with van der Waals surface area (Å²) in [6, 6.07) is 12.5. The van der Waals surface area contributed by atoms with Gasteiger partial charge >= 0.3 is 0 Å². The number of aryl methyl sites for hydroxylation is 1. The van der Waals surface area contributed by atoms with Crippen LogP contribution in [0.3, 0.4) is 0 Å². The zero-order chi connectivity index (χ0) is 14.0. The minimum Gasteiger partial charge on any atom is -0.399 e. The van der Waals surface area contributed by atoms with E-state index < -0.39 is 10.0 Å². The molecule has 2 aromatic rings. The first-order valence-corrected chi connectivity index (χ1v) is 7.89. The molecule has 2 aromatic carbocycles. The minimum atomic E-state index is -3.74. The van der Waals surface area contributed by atoms with Crippen molar-refractivity contribution >= 4 is 27.5 Å². The fraction of sp³-hybridized carbons (Fsp3) is 0.0769. The molecule has 0 saturated heterocycles. The number of hydrogen-bond acceptors (Lipinski definition) is 4. The van der Waals surface area contributed by atoms with Gasteiger partial charge in [-0.15, -0.1) is 0 Å². The Morgan fingerprint density at radius 2 is 1.79 bits per heavy atom. The Balaban J connectivity index is 2.42. The summed E-state index contributed by atoms with van der Waals surface area (Å²) in [5, 5.41) is 5.13. The molecule has 4 N–H and O–H groups in total. The van der Waals surface area contributed by atoms with E-state index in [1.165, 1.54) is 23.9 Å². The maximum atomic E-state index is 11.4. The number of rotatable bonds is 3.